The maximum absolute atomic E-state index is 12.9. The molecule has 0 fully saturated rings. The minimum atomic E-state index is -0.0816. The molecule has 0 saturated heterocycles. The number of carbonyl (C=O) groups is 1. The number of benzene rings is 3. The van der Waals surface area contributed by atoms with Crippen LogP contribution in [0.25, 0.3) is 0 Å². The summed E-state index contributed by atoms with van der Waals surface area (Å²) >= 11 is 0. The Kier molecular flexibility index (Phi) is 6.80. The second kappa shape index (κ2) is 10.1. The van der Waals surface area contributed by atoms with Crippen LogP contribution in [-0.4, -0.2) is 33.0 Å². The Bertz CT molecular complexity index is 1060. The van der Waals surface area contributed by atoms with Gasteiger partial charge in [0.05, 0.1) is 20.6 Å². The molecule has 166 valence electrons. The monoisotopic (exact) mass is 433 g/mol. The molecule has 32 heavy (non-hydrogen) atoms. The SMILES string of the molecule is COc1ccc(C[C@H](Cc2ccc3c(c2)OCO3)NC(=O)Cc2cccc(OC)c2)cc1. The Labute approximate surface area is 188 Å². The third kappa shape index (κ3) is 5.52. The van der Waals surface area contributed by atoms with Crippen LogP contribution in [0, 0.1) is 0 Å². The highest BCUT2D eigenvalue weighted by atomic mass is 16.7. The first-order chi connectivity index (χ1) is 15.6. The molecule has 0 aromatic heterocycles. The maximum Gasteiger partial charge on any atom is 0.231 e. The summed E-state index contributed by atoms with van der Waals surface area (Å²) in [6.45, 7) is 0.241. The summed E-state index contributed by atoms with van der Waals surface area (Å²) in [6.07, 6.45) is 1.66. The van der Waals surface area contributed by atoms with E-state index in [-0.39, 0.29) is 25.2 Å². The van der Waals surface area contributed by atoms with E-state index < -0.39 is 0 Å². The molecule has 0 saturated carbocycles. The van der Waals surface area contributed by atoms with Crippen LogP contribution in [0.2, 0.25) is 0 Å². The number of amides is 1. The molecule has 6 nitrogen and oxygen atoms in total. The van der Waals surface area contributed by atoms with Crippen molar-refractivity contribution in [3.05, 3.63) is 83.4 Å². The van der Waals surface area contributed by atoms with E-state index in [1.54, 1.807) is 14.2 Å². The summed E-state index contributed by atoms with van der Waals surface area (Å²) in [7, 11) is 3.27. The van der Waals surface area contributed by atoms with E-state index >= 15 is 0 Å². The number of methoxy groups -OCH3 is 2. The maximum atomic E-state index is 12.9. The van der Waals surface area contributed by atoms with Crippen molar-refractivity contribution in [1.82, 2.24) is 5.32 Å². The van der Waals surface area contributed by atoms with Crippen LogP contribution in [0.3, 0.4) is 0 Å². The predicted molar refractivity (Wildman–Crippen MR) is 122 cm³/mol. The molecule has 1 heterocycles. The first-order valence-electron chi connectivity index (χ1n) is 10.6. The largest absolute Gasteiger partial charge is 0.497 e. The fourth-order valence-corrected chi connectivity index (χ4v) is 3.82. The van der Waals surface area contributed by atoms with Crippen molar-refractivity contribution in [1.29, 1.82) is 0 Å². The van der Waals surface area contributed by atoms with Crippen LogP contribution in [-0.2, 0) is 24.1 Å². The number of ether oxygens (including phenoxy) is 4. The molecule has 1 aliphatic heterocycles. The predicted octanol–water partition coefficient (Wildman–Crippen LogP) is 3.95. The van der Waals surface area contributed by atoms with Crippen LogP contribution in [0.4, 0.5) is 0 Å². The second-order valence-electron chi connectivity index (χ2n) is 7.74. The highest BCUT2D eigenvalue weighted by Gasteiger charge is 2.18. The smallest absolute Gasteiger partial charge is 0.231 e. The molecule has 1 amide bonds. The van der Waals surface area contributed by atoms with E-state index in [1.807, 2.05) is 66.7 Å². The van der Waals surface area contributed by atoms with Gasteiger partial charge < -0.3 is 24.3 Å². The van der Waals surface area contributed by atoms with Gasteiger partial charge in [-0.3, -0.25) is 4.79 Å². The summed E-state index contributed by atoms with van der Waals surface area (Å²) in [5.74, 6) is 3.02. The van der Waals surface area contributed by atoms with Crippen molar-refractivity contribution < 1.29 is 23.7 Å². The highest BCUT2D eigenvalue weighted by molar-refractivity contribution is 5.79. The minimum absolute atomic E-state index is 0.0301. The summed E-state index contributed by atoms with van der Waals surface area (Å²) in [4.78, 5) is 12.9. The molecule has 6 heteroatoms. The standard InChI is InChI=1S/C26H27NO5/c1-29-22-9-6-18(7-10-22)12-21(13-20-8-11-24-25(15-20)32-17-31-24)27-26(28)16-19-4-3-5-23(14-19)30-2/h3-11,14-15,21H,12-13,16-17H2,1-2H3,(H,27,28)/t21-/m1/s1. The van der Waals surface area contributed by atoms with E-state index in [0.717, 1.165) is 39.7 Å². The molecule has 1 aliphatic rings. The van der Waals surface area contributed by atoms with Crippen molar-refractivity contribution in [3.63, 3.8) is 0 Å². The van der Waals surface area contributed by atoms with Crippen LogP contribution in [0.5, 0.6) is 23.0 Å². The van der Waals surface area contributed by atoms with Crippen molar-refractivity contribution in [2.45, 2.75) is 25.3 Å². The Morgan fingerprint density at radius 3 is 2.34 bits per heavy atom. The van der Waals surface area contributed by atoms with E-state index in [2.05, 4.69) is 5.32 Å². The van der Waals surface area contributed by atoms with Crippen molar-refractivity contribution >= 4 is 5.91 Å². The lowest BCUT2D eigenvalue weighted by Crippen LogP contribution is -2.39. The first kappa shape index (κ1) is 21.6. The molecule has 1 atom stereocenters. The van der Waals surface area contributed by atoms with Gasteiger partial charge in [0.25, 0.3) is 0 Å². The minimum Gasteiger partial charge on any atom is -0.497 e. The number of nitrogens with one attached hydrogen (secondary N) is 1. The molecular formula is C26H27NO5. The van der Waals surface area contributed by atoms with Crippen molar-refractivity contribution in [2.24, 2.45) is 0 Å². The molecule has 0 aliphatic carbocycles. The van der Waals surface area contributed by atoms with E-state index in [4.69, 9.17) is 18.9 Å². The van der Waals surface area contributed by atoms with Gasteiger partial charge in [-0.05, 0) is 65.9 Å². The average molecular weight is 434 g/mol. The molecule has 1 N–H and O–H groups in total. The van der Waals surface area contributed by atoms with Gasteiger partial charge in [0, 0.05) is 6.04 Å². The number of hydrogen-bond donors (Lipinski definition) is 1. The fourth-order valence-electron chi connectivity index (χ4n) is 3.82. The Morgan fingerprint density at radius 2 is 1.56 bits per heavy atom. The zero-order valence-corrected chi connectivity index (χ0v) is 18.3. The van der Waals surface area contributed by atoms with E-state index in [9.17, 15) is 4.79 Å². The van der Waals surface area contributed by atoms with E-state index in [1.165, 1.54) is 0 Å². The molecule has 4 rings (SSSR count). The van der Waals surface area contributed by atoms with Gasteiger partial charge in [0.2, 0.25) is 12.7 Å². The van der Waals surface area contributed by atoms with Crippen molar-refractivity contribution in [2.75, 3.05) is 21.0 Å². The number of hydrogen-bond acceptors (Lipinski definition) is 5. The molecule has 3 aromatic rings. The van der Waals surface area contributed by atoms with Crippen LogP contribution in [0.15, 0.2) is 66.7 Å². The van der Waals surface area contributed by atoms with Gasteiger partial charge in [-0.2, -0.15) is 0 Å². The Morgan fingerprint density at radius 1 is 0.844 bits per heavy atom. The Balaban J connectivity index is 1.48. The molecule has 0 radical (unpaired) electrons. The highest BCUT2D eigenvalue weighted by Crippen LogP contribution is 2.33. The number of fused-ring (bicyclic) bond motifs is 1. The third-order valence-corrected chi connectivity index (χ3v) is 5.42. The van der Waals surface area contributed by atoms with Crippen LogP contribution in [0.1, 0.15) is 16.7 Å². The van der Waals surface area contributed by atoms with Gasteiger partial charge in [-0.15, -0.1) is 0 Å². The molecule has 0 unspecified atom stereocenters. The first-order valence-corrected chi connectivity index (χ1v) is 10.6. The number of rotatable bonds is 9. The van der Waals surface area contributed by atoms with Gasteiger partial charge >= 0.3 is 0 Å². The lowest BCUT2D eigenvalue weighted by Gasteiger charge is -2.20. The van der Waals surface area contributed by atoms with Gasteiger partial charge in [-0.1, -0.05) is 30.3 Å². The summed E-state index contributed by atoms with van der Waals surface area (Å²) in [5.41, 5.74) is 3.11. The van der Waals surface area contributed by atoms with E-state index in [0.29, 0.717) is 12.8 Å². The molecule has 0 spiro atoms. The third-order valence-electron chi connectivity index (χ3n) is 5.42. The second-order valence-corrected chi connectivity index (χ2v) is 7.74. The van der Waals surface area contributed by atoms with Gasteiger partial charge in [0.1, 0.15) is 11.5 Å². The normalized spacial score (nSPS) is 12.8. The zero-order chi connectivity index (χ0) is 22.3. The lowest BCUT2D eigenvalue weighted by atomic mass is 9.98. The molecule has 0 bridgehead atoms. The fraction of sp³-hybridized carbons (Fsp3) is 0.269. The average Bonchev–Trinajstić information content (AvgIpc) is 3.27. The van der Waals surface area contributed by atoms with Gasteiger partial charge in [0.15, 0.2) is 11.5 Å². The zero-order valence-electron chi connectivity index (χ0n) is 18.3. The number of carbonyl (C=O) groups excluding carboxylic acids is 1. The summed E-state index contributed by atoms with van der Waals surface area (Å²) in [5, 5.41) is 3.21. The quantitative estimate of drug-likeness (QED) is 0.554. The molecular weight excluding hydrogens is 406 g/mol. The van der Waals surface area contributed by atoms with Gasteiger partial charge in [-0.25, -0.2) is 0 Å². The van der Waals surface area contributed by atoms with Crippen LogP contribution >= 0.6 is 0 Å². The Hall–Kier alpha value is -3.67. The summed E-state index contributed by atoms with van der Waals surface area (Å²) in [6, 6.07) is 21.3. The topological polar surface area (TPSA) is 66.0 Å². The van der Waals surface area contributed by atoms with Crippen molar-refractivity contribution in [3.8, 4) is 23.0 Å². The summed E-state index contributed by atoms with van der Waals surface area (Å²) < 4.78 is 21.4. The van der Waals surface area contributed by atoms with Crippen LogP contribution < -0.4 is 24.3 Å². The molecule has 3 aromatic carbocycles. The lowest BCUT2D eigenvalue weighted by molar-refractivity contribution is -0.121.